The summed E-state index contributed by atoms with van der Waals surface area (Å²) in [4.78, 5) is 40.4. The third-order valence-electron chi connectivity index (χ3n) is 4.49. The van der Waals surface area contributed by atoms with Gasteiger partial charge in [0.2, 0.25) is 11.7 Å². The molecule has 3 N–H and O–H groups in total. The molecule has 1 aliphatic rings. The SMILES string of the molecule is CC(C)(C)C1(CNC(=O)c2cnc(-c3ccccc3)o2)NC(=O)NC1=O. The lowest BCUT2D eigenvalue weighted by Gasteiger charge is -2.38. The van der Waals surface area contributed by atoms with Gasteiger partial charge in [-0.2, -0.15) is 0 Å². The molecular weight excluding hydrogens is 336 g/mol. The summed E-state index contributed by atoms with van der Waals surface area (Å²) in [6, 6.07) is 8.61. The number of nitrogens with one attached hydrogen (secondary N) is 3. The molecule has 2 heterocycles. The van der Waals surface area contributed by atoms with Gasteiger partial charge in [0, 0.05) is 5.56 Å². The highest BCUT2D eigenvalue weighted by atomic mass is 16.4. The zero-order chi connectivity index (χ0) is 18.9. The van der Waals surface area contributed by atoms with Gasteiger partial charge in [-0.05, 0) is 17.5 Å². The highest BCUT2D eigenvalue weighted by Crippen LogP contribution is 2.32. The van der Waals surface area contributed by atoms with Crippen molar-refractivity contribution < 1.29 is 18.8 Å². The Morgan fingerprint density at radius 2 is 1.92 bits per heavy atom. The summed E-state index contributed by atoms with van der Waals surface area (Å²) in [6.07, 6.45) is 1.33. The first kappa shape index (κ1) is 17.7. The van der Waals surface area contributed by atoms with Crippen LogP contribution < -0.4 is 16.0 Å². The number of nitrogens with zero attached hydrogens (tertiary/aromatic N) is 1. The summed E-state index contributed by atoms with van der Waals surface area (Å²) in [5, 5.41) is 7.52. The molecule has 1 atom stereocenters. The molecule has 1 fully saturated rings. The van der Waals surface area contributed by atoms with Crippen LogP contribution in [0.2, 0.25) is 0 Å². The van der Waals surface area contributed by atoms with E-state index in [0.29, 0.717) is 5.89 Å². The number of carbonyl (C=O) groups is 3. The van der Waals surface area contributed by atoms with Crippen LogP contribution in [-0.2, 0) is 4.79 Å². The Morgan fingerprint density at radius 3 is 2.50 bits per heavy atom. The van der Waals surface area contributed by atoms with Crippen molar-refractivity contribution in [3.63, 3.8) is 0 Å². The minimum Gasteiger partial charge on any atom is -0.431 e. The van der Waals surface area contributed by atoms with Crippen LogP contribution in [0.15, 0.2) is 40.9 Å². The van der Waals surface area contributed by atoms with Crippen LogP contribution in [0.4, 0.5) is 4.79 Å². The van der Waals surface area contributed by atoms with Gasteiger partial charge in [0.15, 0.2) is 0 Å². The first-order valence-corrected chi connectivity index (χ1v) is 8.16. The summed E-state index contributed by atoms with van der Waals surface area (Å²) in [7, 11) is 0. The van der Waals surface area contributed by atoms with E-state index in [4.69, 9.17) is 4.42 Å². The second-order valence-corrected chi connectivity index (χ2v) is 7.14. The van der Waals surface area contributed by atoms with Crippen LogP contribution in [0.25, 0.3) is 11.5 Å². The third-order valence-corrected chi connectivity index (χ3v) is 4.49. The summed E-state index contributed by atoms with van der Waals surface area (Å²) in [5.41, 5.74) is -1.12. The van der Waals surface area contributed by atoms with Gasteiger partial charge in [-0.1, -0.05) is 39.0 Å². The van der Waals surface area contributed by atoms with Crippen LogP contribution in [0.5, 0.6) is 0 Å². The normalized spacial score (nSPS) is 19.8. The Kier molecular flexibility index (Phi) is 4.27. The molecule has 3 rings (SSSR count). The molecule has 1 aromatic carbocycles. The molecule has 1 unspecified atom stereocenters. The average molecular weight is 356 g/mol. The minimum absolute atomic E-state index is 0.0256. The monoisotopic (exact) mass is 356 g/mol. The van der Waals surface area contributed by atoms with Crippen molar-refractivity contribution >= 4 is 17.8 Å². The van der Waals surface area contributed by atoms with Crippen LogP contribution in [0, 0.1) is 5.41 Å². The molecule has 26 heavy (non-hydrogen) atoms. The number of aromatic nitrogens is 1. The fraction of sp³-hybridized carbons (Fsp3) is 0.333. The maximum absolute atomic E-state index is 12.4. The highest BCUT2D eigenvalue weighted by Gasteiger charge is 2.54. The number of carbonyl (C=O) groups excluding carboxylic acids is 3. The first-order valence-electron chi connectivity index (χ1n) is 8.16. The van der Waals surface area contributed by atoms with E-state index in [0.717, 1.165) is 5.56 Å². The molecule has 0 saturated carbocycles. The van der Waals surface area contributed by atoms with E-state index in [9.17, 15) is 14.4 Å². The Morgan fingerprint density at radius 1 is 1.23 bits per heavy atom. The average Bonchev–Trinajstić information content (AvgIpc) is 3.18. The quantitative estimate of drug-likeness (QED) is 0.722. The number of hydrogen-bond acceptors (Lipinski definition) is 5. The highest BCUT2D eigenvalue weighted by molar-refractivity contribution is 6.08. The lowest BCUT2D eigenvalue weighted by Crippen LogP contribution is -2.63. The number of urea groups is 1. The number of rotatable bonds is 4. The maximum Gasteiger partial charge on any atom is 0.322 e. The van der Waals surface area contributed by atoms with E-state index in [-0.39, 0.29) is 12.3 Å². The van der Waals surface area contributed by atoms with Gasteiger partial charge in [0.1, 0.15) is 5.54 Å². The zero-order valence-corrected chi connectivity index (χ0v) is 14.8. The molecule has 0 spiro atoms. The van der Waals surface area contributed by atoms with Gasteiger partial charge >= 0.3 is 6.03 Å². The maximum atomic E-state index is 12.4. The fourth-order valence-corrected chi connectivity index (χ4v) is 2.80. The molecule has 1 saturated heterocycles. The van der Waals surface area contributed by atoms with Crippen molar-refractivity contribution in [3.05, 3.63) is 42.3 Å². The third kappa shape index (κ3) is 3.05. The van der Waals surface area contributed by atoms with E-state index >= 15 is 0 Å². The molecule has 4 amide bonds. The van der Waals surface area contributed by atoms with E-state index in [1.807, 2.05) is 51.1 Å². The summed E-state index contributed by atoms with van der Waals surface area (Å²) in [5.74, 6) is -0.638. The smallest absolute Gasteiger partial charge is 0.322 e. The van der Waals surface area contributed by atoms with E-state index in [1.54, 1.807) is 0 Å². The van der Waals surface area contributed by atoms with E-state index in [1.165, 1.54) is 6.20 Å². The number of imide groups is 1. The largest absolute Gasteiger partial charge is 0.431 e. The molecule has 2 aromatic rings. The summed E-state index contributed by atoms with van der Waals surface area (Å²) in [6.45, 7) is 5.36. The second-order valence-electron chi connectivity index (χ2n) is 7.14. The number of amides is 4. The van der Waals surface area contributed by atoms with Crippen molar-refractivity contribution in [1.82, 2.24) is 20.9 Å². The number of hydrogen-bond donors (Lipinski definition) is 3. The van der Waals surface area contributed by atoms with Crippen LogP contribution in [0.1, 0.15) is 31.3 Å². The van der Waals surface area contributed by atoms with E-state index in [2.05, 4.69) is 20.9 Å². The summed E-state index contributed by atoms with van der Waals surface area (Å²) >= 11 is 0. The van der Waals surface area contributed by atoms with Gasteiger partial charge < -0.3 is 15.1 Å². The van der Waals surface area contributed by atoms with Crippen LogP contribution in [-0.4, -0.2) is 34.9 Å². The Bertz CT molecular complexity index is 854. The minimum atomic E-state index is -1.25. The zero-order valence-electron chi connectivity index (χ0n) is 14.8. The lowest BCUT2D eigenvalue weighted by molar-refractivity contribution is -0.127. The summed E-state index contributed by atoms with van der Waals surface area (Å²) < 4.78 is 5.50. The van der Waals surface area contributed by atoms with Crippen molar-refractivity contribution in [2.75, 3.05) is 6.54 Å². The molecule has 0 radical (unpaired) electrons. The van der Waals surface area contributed by atoms with Gasteiger partial charge in [0.05, 0.1) is 12.7 Å². The van der Waals surface area contributed by atoms with Crippen molar-refractivity contribution in [3.8, 4) is 11.5 Å². The molecule has 1 aliphatic heterocycles. The predicted octanol–water partition coefficient (Wildman–Crippen LogP) is 1.70. The molecular formula is C18H20N4O4. The van der Waals surface area contributed by atoms with Gasteiger partial charge in [-0.15, -0.1) is 0 Å². The second kappa shape index (κ2) is 6.29. The molecule has 0 aliphatic carbocycles. The topological polar surface area (TPSA) is 113 Å². The predicted molar refractivity (Wildman–Crippen MR) is 93.1 cm³/mol. The first-order chi connectivity index (χ1) is 12.2. The molecule has 8 heteroatoms. The standard InChI is InChI=1S/C18H20N4O4/c1-17(2,3)18(15(24)21-16(25)22-18)10-20-13(23)12-9-19-14(26-12)11-7-5-4-6-8-11/h4-9H,10H2,1-3H3,(H,20,23)(H2,21,22,24,25). The fourth-order valence-electron chi connectivity index (χ4n) is 2.80. The number of oxazole rings is 1. The molecule has 136 valence electrons. The van der Waals surface area contributed by atoms with Gasteiger partial charge in [-0.3, -0.25) is 14.9 Å². The lowest BCUT2D eigenvalue weighted by atomic mass is 9.73. The number of benzene rings is 1. The van der Waals surface area contributed by atoms with Gasteiger partial charge in [0.25, 0.3) is 11.8 Å². The molecule has 8 nitrogen and oxygen atoms in total. The molecule has 1 aromatic heterocycles. The van der Waals surface area contributed by atoms with Crippen molar-refractivity contribution in [2.24, 2.45) is 5.41 Å². The van der Waals surface area contributed by atoms with Crippen LogP contribution in [0.3, 0.4) is 0 Å². The van der Waals surface area contributed by atoms with Crippen molar-refractivity contribution in [1.29, 1.82) is 0 Å². The van der Waals surface area contributed by atoms with Crippen molar-refractivity contribution in [2.45, 2.75) is 26.3 Å². The van der Waals surface area contributed by atoms with E-state index < -0.39 is 28.8 Å². The van der Waals surface area contributed by atoms with Crippen LogP contribution >= 0.6 is 0 Å². The Balaban J connectivity index is 1.75. The van der Waals surface area contributed by atoms with Gasteiger partial charge in [-0.25, -0.2) is 9.78 Å². The Hall–Kier alpha value is -3.16. The molecule has 0 bridgehead atoms. The Labute approximate surface area is 150 Å².